The van der Waals surface area contributed by atoms with Crippen molar-refractivity contribution in [1.82, 2.24) is 9.88 Å². The summed E-state index contributed by atoms with van der Waals surface area (Å²) >= 11 is 0. The molecule has 0 bridgehead atoms. The molecule has 114 valence electrons. The van der Waals surface area contributed by atoms with Gasteiger partial charge >= 0.3 is 0 Å². The molecule has 21 heavy (non-hydrogen) atoms. The van der Waals surface area contributed by atoms with E-state index in [0.717, 1.165) is 31.0 Å². The van der Waals surface area contributed by atoms with Crippen molar-refractivity contribution in [3.05, 3.63) is 36.5 Å². The second-order valence-electron chi connectivity index (χ2n) is 6.88. The van der Waals surface area contributed by atoms with Crippen LogP contribution in [0.2, 0.25) is 0 Å². The molecule has 3 atom stereocenters. The fraction of sp³-hybridized carbons (Fsp3) is 0.579. The van der Waals surface area contributed by atoms with Gasteiger partial charge in [-0.25, -0.2) is 0 Å². The minimum atomic E-state index is 0.732. The highest BCUT2D eigenvalue weighted by molar-refractivity contribution is 5.79. The molecule has 1 aromatic carbocycles. The summed E-state index contributed by atoms with van der Waals surface area (Å²) in [6.07, 6.45) is 7.58. The number of benzene rings is 1. The molecule has 0 radical (unpaired) electrons. The van der Waals surface area contributed by atoms with Crippen molar-refractivity contribution in [3.63, 3.8) is 0 Å². The van der Waals surface area contributed by atoms with Crippen LogP contribution in [-0.4, -0.2) is 17.2 Å². The second kappa shape index (κ2) is 6.65. The number of nitrogens with zero attached hydrogens (tertiary/aromatic N) is 1. The van der Waals surface area contributed by atoms with E-state index in [-0.39, 0.29) is 0 Å². The van der Waals surface area contributed by atoms with Crippen LogP contribution in [0.25, 0.3) is 10.9 Å². The predicted molar refractivity (Wildman–Crippen MR) is 90.5 cm³/mol. The Morgan fingerprint density at radius 3 is 2.90 bits per heavy atom. The van der Waals surface area contributed by atoms with Gasteiger partial charge in [-0.1, -0.05) is 38.5 Å². The van der Waals surface area contributed by atoms with Crippen LogP contribution in [0.15, 0.2) is 36.5 Å². The van der Waals surface area contributed by atoms with Crippen molar-refractivity contribution in [2.75, 3.05) is 6.54 Å². The summed E-state index contributed by atoms with van der Waals surface area (Å²) in [6, 6.07) is 11.6. The molecule has 2 heteroatoms. The van der Waals surface area contributed by atoms with Crippen molar-refractivity contribution in [3.8, 4) is 0 Å². The normalized spacial score (nSPS) is 26.3. The maximum absolute atomic E-state index is 3.80. The van der Waals surface area contributed by atoms with Gasteiger partial charge in [0.15, 0.2) is 0 Å². The number of aromatic nitrogens is 1. The third-order valence-electron chi connectivity index (χ3n) is 5.12. The molecule has 1 N–H and O–H groups in total. The summed E-state index contributed by atoms with van der Waals surface area (Å²) in [5.74, 6) is 1.74. The summed E-state index contributed by atoms with van der Waals surface area (Å²) in [5.41, 5.74) is 1.36. The van der Waals surface area contributed by atoms with E-state index >= 15 is 0 Å². The molecular formula is C19H28N2. The topological polar surface area (TPSA) is 17.0 Å². The summed E-state index contributed by atoms with van der Waals surface area (Å²) in [7, 11) is 0. The van der Waals surface area contributed by atoms with Gasteiger partial charge < -0.3 is 9.88 Å². The van der Waals surface area contributed by atoms with Crippen LogP contribution in [0.4, 0.5) is 0 Å². The number of aryl methyl sites for hydroxylation is 1. The van der Waals surface area contributed by atoms with Crippen molar-refractivity contribution < 1.29 is 0 Å². The Hall–Kier alpha value is -1.28. The molecule has 0 spiro atoms. The Kier molecular flexibility index (Phi) is 4.64. The molecule has 0 amide bonds. The van der Waals surface area contributed by atoms with E-state index in [1.165, 1.54) is 36.6 Å². The van der Waals surface area contributed by atoms with Crippen LogP contribution >= 0.6 is 0 Å². The Balaban J connectivity index is 1.48. The lowest BCUT2D eigenvalue weighted by atomic mass is 9.80. The number of rotatable bonds is 5. The van der Waals surface area contributed by atoms with Crippen molar-refractivity contribution in [2.45, 2.75) is 52.1 Å². The summed E-state index contributed by atoms with van der Waals surface area (Å²) in [4.78, 5) is 0. The molecule has 1 fully saturated rings. The highest BCUT2D eigenvalue weighted by Gasteiger charge is 2.24. The molecule has 2 aromatic rings. The lowest BCUT2D eigenvalue weighted by molar-refractivity contribution is 0.228. The smallest absolute Gasteiger partial charge is 0.0480 e. The van der Waals surface area contributed by atoms with Crippen LogP contribution in [0, 0.1) is 11.8 Å². The first kappa shape index (κ1) is 14.6. The fourth-order valence-corrected chi connectivity index (χ4v) is 3.69. The highest BCUT2D eigenvalue weighted by atomic mass is 15.0. The molecule has 1 aliphatic carbocycles. The van der Waals surface area contributed by atoms with E-state index in [0.29, 0.717) is 0 Å². The molecule has 1 aliphatic rings. The van der Waals surface area contributed by atoms with E-state index in [1.54, 1.807) is 0 Å². The zero-order valence-electron chi connectivity index (χ0n) is 13.4. The van der Waals surface area contributed by atoms with Crippen LogP contribution < -0.4 is 5.32 Å². The lowest BCUT2D eigenvalue weighted by Crippen LogP contribution is -2.40. The Bertz CT molecular complexity index is 572. The third kappa shape index (κ3) is 3.49. The van der Waals surface area contributed by atoms with Gasteiger partial charge in [0.2, 0.25) is 0 Å². The number of para-hydroxylation sites is 1. The first-order valence-corrected chi connectivity index (χ1v) is 8.51. The fourth-order valence-electron chi connectivity index (χ4n) is 3.69. The maximum atomic E-state index is 3.80. The lowest BCUT2D eigenvalue weighted by Gasteiger charge is -2.33. The van der Waals surface area contributed by atoms with E-state index in [2.05, 4.69) is 60.3 Å². The van der Waals surface area contributed by atoms with Crippen LogP contribution in [-0.2, 0) is 6.54 Å². The maximum Gasteiger partial charge on any atom is 0.0480 e. The third-order valence-corrected chi connectivity index (χ3v) is 5.12. The summed E-state index contributed by atoms with van der Waals surface area (Å²) in [6.45, 7) is 7.04. The SMILES string of the molecule is CC1CCC(C)C(NCCCn2ccc3ccccc32)C1. The first-order chi connectivity index (χ1) is 10.2. The predicted octanol–water partition coefficient (Wildman–Crippen LogP) is 4.45. The van der Waals surface area contributed by atoms with Crippen molar-refractivity contribution >= 4 is 10.9 Å². The molecule has 3 rings (SSSR count). The molecule has 0 saturated heterocycles. The standard InChI is InChI=1S/C19H28N2/c1-15-8-9-16(2)18(14-15)20-11-5-12-21-13-10-17-6-3-4-7-19(17)21/h3-4,6-7,10,13,15-16,18,20H,5,8-9,11-12,14H2,1-2H3. The highest BCUT2D eigenvalue weighted by Crippen LogP contribution is 2.28. The number of nitrogens with one attached hydrogen (secondary N) is 1. The molecule has 2 nitrogen and oxygen atoms in total. The van der Waals surface area contributed by atoms with E-state index in [9.17, 15) is 0 Å². The summed E-state index contributed by atoms with van der Waals surface area (Å²) < 4.78 is 2.38. The number of hydrogen-bond acceptors (Lipinski definition) is 1. The molecule has 1 saturated carbocycles. The van der Waals surface area contributed by atoms with Gasteiger partial charge in [0.1, 0.15) is 0 Å². The largest absolute Gasteiger partial charge is 0.347 e. The zero-order valence-corrected chi connectivity index (χ0v) is 13.4. The minimum Gasteiger partial charge on any atom is -0.347 e. The number of fused-ring (bicyclic) bond motifs is 1. The van der Waals surface area contributed by atoms with Gasteiger partial charge in [0.05, 0.1) is 0 Å². The minimum absolute atomic E-state index is 0.732. The van der Waals surface area contributed by atoms with Crippen molar-refractivity contribution in [2.24, 2.45) is 11.8 Å². The molecule has 0 aliphatic heterocycles. The molecule has 1 heterocycles. The van der Waals surface area contributed by atoms with Gasteiger partial charge in [-0.05, 0) is 55.2 Å². The van der Waals surface area contributed by atoms with E-state index in [4.69, 9.17) is 0 Å². The Morgan fingerprint density at radius 1 is 1.14 bits per heavy atom. The quantitative estimate of drug-likeness (QED) is 0.803. The Morgan fingerprint density at radius 2 is 2.00 bits per heavy atom. The van der Waals surface area contributed by atoms with Gasteiger partial charge in [0, 0.05) is 24.3 Å². The van der Waals surface area contributed by atoms with Gasteiger partial charge in [-0.15, -0.1) is 0 Å². The van der Waals surface area contributed by atoms with Crippen molar-refractivity contribution in [1.29, 1.82) is 0 Å². The molecular weight excluding hydrogens is 256 g/mol. The molecule has 1 aromatic heterocycles. The van der Waals surface area contributed by atoms with Gasteiger partial charge in [-0.3, -0.25) is 0 Å². The van der Waals surface area contributed by atoms with Crippen LogP contribution in [0.3, 0.4) is 0 Å². The summed E-state index contributed by atoms with van der Waals surface area (Å²) in [5, 5.41) is 5.15. The monoisotopic (exact) mass is 284 g/mol. The molecule has 3 unspecified atom stereocenters. The zero-order chi connectivity index (χ0) is 14.7. The van der Waals surface area contributed by atoms with Crippen LogP contribution in [0.5, 0.6) is 0 Å². The average Bonchev–Trinajstić information content (AvgIpc) is 2.90. The van der Waals surface area contributed by atoms with E-state index < -0.39 is 0 Å². The van der Waals surface area contributed by atoms with Crippen LogP contribution in [0.1, 0.15) is 39.5 Å². The Labute approximate surface area is 128 Å². The first-order valence-electron chi connectivity index (χ1n) is 8.51. The van der Waals surface area contributed by atoms with Gasteiger partial charge in [-0.2, -0.15) is 0 Å². The number of hydrogen-bond donors (Lipinski definition) is 1. The second-order valence-corrected chi connectivity index (χ2v) is 6.88. The van der Waals surface area contributed by atoms with E-state index in [1.807, 2.05) is 0 Å². The van der Waals surface area contributed by atoms with Gasteiger partial charge in [0.25, 0.3) is 0 Å². The average molecular weight is 284 g/mol.